The molecule has 20 heavy (non-hydrogen) atoms. The number of para-hydroxylation sites is 2. The molecule has 0 atom stereocenters. The van der Waals surface area contributed by atoms with Gasteiger partial charge in [-0.2, -0.15) is 0 Å². The second kappa shape index (κ2) is 6.23. The lowest BCUT2D eigenvalue weighted by atomic mass is 9.91. The van der Waals surface area contributed by atoms with E-state index in [1.165, 1.54) is 7.11 Å². The predicted octanol–water partition coefficient (Wildman–Crippen LogP) is 2.59. The second-order valence-electron chi connectivity index (χ2n) is 4.62. The van der Waals surface area contributed by atoms with Crippen molar-refractivity contribution in [1.29, 1.82) is 0 Å². The first-order chi connectivity index (χ1) is 9.63. The number of carboxylic acids is 1. The van der Waals surface area contributed by atoms with Gasteiger partial charge in [0.25, 0.3) is 5.91 Å². The Morgan fingerprint density at radius 2 is 1.80 bits per heavy atom. The van der Waals surface area contributed by atoms with Crippen LogP contribution in [0.4, 0.5) is 5.69 Å². The van der Waals surface area contributed by atoms with Gasteiger partial charge in [-0.25, -0.2) is 4.79 Å². The highest BCUT2D eigenvalue weighted by Crippen LogP contribution is 2.28. The first-order valence-corrected chi connectivity index (χ1v) is 6.53. The zero-order valence-corrected chi connectivity index (χ0v) is 11.3. The third-order valence-corrected chi connectivity index (χ3v) is 3.36. The lowest BCUT2D eigenvalue weighted by molar-refractivity contribution is -0.133. The van der Waals surface area contributed by atoms with Gasteiger partial charge in [0.2, 0.25) is 0 Å². The fraction of sp³-hybridized carbons (Fsp3) is 0.333. The third kappa shape index (κ3) is 2.99. The Balaban J connectivity index is 2.25. The average Bonchev–Trinajstić information content (AvgIpc) is 2.47. The lowest BCUT2D eigenvalue weighted by Crippen LogP contribution is -2.21. The Kier molecular flexibility index (Phi) is 4.40. The van der Waals surface area contributed by atoms with E-state index in [1.807, 2.05) is 0 Å². The summed E-state index contributed by atoms with van der Waals surface area (Å²) in [5.41, 5.74) is 1.14. The summed E-state index contributed by atoms with van der Waals surface area (Å²) in [5.74, 6) is -0.810. The molecule has 0 saturated heterocycles. The first-order valence-electron chi connectivity index (χ1n) is 6.53. The van der Waals surface area contributed by atoms with Crippen LogP contribution in [-0.4, -0.2) is 24.1 Å². The fourth-order valence-electron chi connectivity index (χ4n) is 2.34. The number of carbonyl (C=O) groups is 2. The van der Waals surface area contributed by atoms with Crippen molar-refractivity contribution in [3.8, 4) is 5.75 Å². The lowest BCUT2D eigenvalue weighted by Gasteiger charge is -2.18. The molecule has 0 aliphatic heterocycles. The Hall–Kier alpha value is -2.30. The van der Waals surface area contributed by atoms with Crippen molar-refractivity contribution in [3.63, 3.8) is 0 Å². The van der Waals surface area contributed by atoms with Gasteiger partial charge < -0.3 is 15.2 Å². The molecule has 2 N–H and O–H groups in total. The summed E-state index contributed by atoms with van der Waals surface area (Å²) in [6.45, 7) is 0. The van der Waals surface area contributed by atoms with Crippen molar-refractivity contribution in [1.82, 2.24) is 0 Å². The van der Waals surface area contributed by atoms with E-state index >= 15 is 0 Å². The molecule has 2 rings (SSSR count). The summed E-state index contributed by atoms with van der Waals surface area (Å²) in [7, 11) is 1.52. The number of carboxylic acid groups (broad SMARTS) is 1. The van der Waals surface area contributed by atoms with Crippen molar-refractivity contribution >= 4 is 17.6 Å². The highest BCUT2D eigenvalue weighted by molar-refractivity contribution is 6.09. The Labute approximate surface area is 117 Å². The number of hydrogen-bond donors (Lipinski definition) is 2. The Morgan fingerprint density at radius 1 is 1.15 bits per heavy atom. The van der Waals surface area contributed by atoms with E-state index in [2.05, 4.69) is 5.32 Å². The van der Waals surface area contributed by atoms with Crippen LogP contribution in [0.2, 0.25) is 0 Å². The molecule has 0 aromatic heterocycles. The standard InChI is InChI=1S/C15H17NO4/c1-20-13-9-5-4-8-12(13)16-14(17)10-6-2-3-7-11(10)15(18)19/h4-5,8-9H,2-3,6-7H2,1H3,(H,16,17)(H,18,19). The minimum absolute atomic E-state index is 0.226. The number of methoxy groups -OCH3 is 1. The maximum Gasteiger partial charge on any atom is 0.332 e. The largest absolute Gasteiger partial charge is 0.495 e. The zero-order chi connectivity index (χ0) is 14.5. The number of rotatable bonds is 4. The van der Waals surface area contributed by atoms with Crippen LogP contribution in [-0.2, 0) is 9.59 Å². The van der Waals surface area contributed by atoms with E-state index in [1.54, 1.807) is 24.3 Å². The number of nitrogens with one attached hydrogen (secondary N) is 1. The quantitative estimate of drug-likeness (QED) is 0.885. The van der Waals surface area contributed by atoms with Crippen molar-refractivity contribution < 1.29 is 19.4 Å². The molecule has 1 aliphatic carbocycles. The monoisotopic (exact) mass is 275 g/mol. The van der Waals surface area contributed by atoms with E-state index in [-0.39, 0.29) is 11.5 Å². The molecular weight excluding hydrogens is 258 g/mol. The number of hydrogen-bond acceptors (Lipinski definition) is 3. The van der Waals surface area contributed by atoms with Gasteiger partial charge in [0, 0.05) is 11.1 Å². The molecule has 5 nitrogen and oxygen atoms in total. The number of carbonyl (C=O) groups excluding carboxylic acids is 1. The summed E-state index contributed by atoms with van der Waals surface area (Å²) in [4.78, 5) is 23.4. The van der Waals surface area contributed by atoms with Crippen LogP contribution >= 0.6 is 0 Å². The molecule has 0 bridgehead atoms. The number of benzene rings is 1. The van der Waals surface area contributed by atoms with E-state index in [0.717, 1.165) is 12.8 Å². The second-order valence-corrected chi connectivity index (χ2v) is 4.62. The van der Waals surface area contributed by atoms with Gasteiger partial charge in [0.15, 0.2) is 0 Å². The molecule has 0 unspecified atom stereocenters. The van der Waals surface area contributed by atoms with Crippen LogP contribution in [0.1, 0.15) is 25.7 Å². The van der Waals surface area contributed by atoms with Crippen LogP contribution in [0.15, 0.2) is 35.4 Å². The summed E-state index contributed by atoms with van der Waals surface area (Å²) < 4.78 is 5.16. The van der Waals surface area contributed by atoms with Crippen LogP contribution < -0.4 is 10.1 Å². The first kappa shape index (κ1) is 14.1. The normalized spacial score (nSPS) is 14.8. The molecule has 0 fully saturated rings. The number of ether oxygens (including phenoxy) is 1. The third-order valence-electron chi connectivity index (χ3n) is 3.36. The molecule has 1 aromatic rings. The fourth-order valence-corrected chi connectivity index (χ4v) is 2.34. The highest BCUT2D eigenvalue weighted by atomic mass is 16.5. The minimum atomic E-state index is -1.00. The summed E-state index contributed by atoms with van der Waals surface area (Å²) >= 11 is 0. The summed E-state index contributed by atoms with van der Waals surface area (Å²) in [6.07, 6.45) is 2.60. The van der Waals surface area contributed by atoms with Crippen molar-refractivity contribution in [3.05, 3.63) is 35.4 Å². The number of aliphatic carboxylic acids is 1. The molecule has 1 amide bonds. The van der Waals surface area contributed by atoms with Gasteiger partial charge in [-0.15, -0.1) is 0 Å². The highest BCUT2D eigenvalue weighted by Gasteiger charge is 2.23. The molecule has 0 saturated carbocycles. The van der Waals surface area contributed by atoms with Gasteiger partial charge in [0.05, 0.1) is 12.8 Å². The maximum absolute atomic E-state index is 12.3. The molecule has 1 aliphatic rings. The SMILES string of the molecule is COc1ccccc1NC(=O)C1=C(C(=O)O)CCCC1. The molecule has 0 spiro atoms. The molecular formula is C15H17NO4. The van der Waals surface area contributed by atoms with Crippen LogP contribution in [0, 0.1) is 0 Å². The van der Waals surface area contributed by atoms with Gasteiger partial charge >= 0.3 is 5.97 Å². The molecule has 1 aromatic carbocycles. The van der Waals surface area contributed by atoms with Gasteiger partial charge in [0.1, 0.15) is 5.75 Å². The van der Waals surface area contributed by atoms with E-state index in [0.29, 0.717) is 29.9 Å². The molecule has 5 heteroatoms. The van der Waals surface area contributed by atoms with Crippen molar-refractivity contribution in [2.75, 3.05) is 12.4 Å². The molecule has 106 valence electrons. The average molecular weight is 275 g/mol. The molecule has 0 radical (unpaired) electrons. The van der Waals surface area contributed by atoms with E-state index in [4.69, 9.17) is 9.84 Å². The predicted molar refractivity (Wildman–Crippen MR) is 74.8 cm³/mol. The van der Waals surface area contributed by atoms with Crippen molar-refractivity contribution in [2.45, 2.75) is 25.7 Å². The van der Waals surface area contributed by atoms with Crippen molar-refractivity contribution in [2.24, 2.45) is 0 Å². The minimum Gasteiger partial charge on any atom is -0.495 e. The van der Waals surface area contributed by atoms with Crippen LogP contribution in [0.5, 0.6) is 5.75 Å². The van der Waals surface area contributed by atoms with Gasteiger partial charge in [-0.1, -0.05) is 12.1 Å². The molecule has 0 heterocycles. The number of anilines is 1. The van der Waals surface area contributed by atoms with Crippen LogP contribution in [0.3, 0.4) is 0 Å². The van der Waals surface area contributed by atoms with Gasteiger partial charge in [-0.05, 0) is 37.8 Å². The Morgan fingerprint density at radius 3 is 2.45 bits per heavy atom. The summed E-state index contributed by atoms with van der Waals surface area (Å²) in [6, 6.07) is 7.05. The topological polar surface area (TPSA) is 75.6 Å². The van der Waals surface area contributed by atoms with Crippen LogP contribution in [0.25, 0.3) is 0 Å². The van der Waals surface area contributed by atoms with Gasteiger partial charge in [-0.3, -0.25) is 4.79 Å². The Bertz CT molecular complexity index is 563. The summed E-state index contributed by atoms with van der Waals surface area (Å²) in [5, 5.41) is 11.9. The van der Waals surface area contributed by atoms with E-state index in [9.17, 15) is 9.59 Å². The van der Waals surface area contributed by atoms with E-state index < -0.39 is 5.97 Å². The number of amides is 1. The zero-order valence-electron chi connectivity index (χ0n) is 11.3. The maximum atomic E-state index is 12.3. The smallest absolute Gasteiger partial charge is 0.332 e.